The molecule has 0 heterocycles. The van der Waals surface area contributed by atoms with Gasteiger partial charge in [0.15, 0.2) is 0 Å². The van der Waals surface area contributed by atoms with Crippen LogP contribution in [0.5, 0.6) is 11.5 Å². The van der Waals surface area contributed by atoms with Gasteiger partial charge in [0.25, 0.3) is 0 Å². The number of unbranched alkanes of at least 4 members (excludes halogenated alkanes) is 7. The molecule has 0 saturated heterocycles. The Morgan fingerprint density at radius 1 is 0.917 bits per heavy atom. The predicted octanol–water partition coefficient (Wildman–Crippen LogP) is 6.83. The minimum Gasteiger partial charge on any atom is -0.457 e. The summed E-state index contributed by atoms with van der Waals surface area (Å²) in [7, 11) is -3.76. The second-order valence-corrected chi connectivity index (χ2v) is 11.4. The SMILES string of the molecule is CC(C)(C)OC(=O)C=CCCCCCCCCCc1cc(Oc2ccc(S(N)(=O)=O)cc2)ccc1F. The molecule has 0 fully saturated rings. The van der Waals surface area contributed by atoms with E-state index >= 15 is 0 Å². The van der Waals surface area contributed by atoms with Crippen LogP contribution in [0.15, 0.2) is 59.5 Å². The number of primary sulfonamides is 1. The summed E-state index contributed by atoms with van der Waals surface area (Å²) >= 11 is 0. The van der Waals surface area contributed by atoms with Crippen molar-refractivity contribution in [1.29, 1.82) is 0 Å². The fourth-order valence-corrected chi connectivity index (χ4v) is 4.13. The number of benzene rings is 2. The van der Waals surface area contributed by atoms with Crippen molar-refractivity contribution in [3.63, 3.8) is 0 Å². The third-order valence-corrected chi connectivity index (χ3v) is 6.31. The molecule has 0 aromatic heterocycles. The van der Waals surface area contributed by atoms with E-state index in [4.69, 9.17) is 14.6 Å². The number of carbonyl (C=O) groups is 1. The highest BCUT2D eigenvalue weighted by atomic mass is 32.2. The van der Waals surface area contributed by atoms with Crippen molar-refractivity contribution < 1.29 is 27.1 Å². The summed E-state index contributed by atoms with van der Waals surface area (Å²) < 4.78 is 47.9. The van der Waals surface area contributed by atoms with Gasteiger partial charge in [0.2, 0.25) is 10.0 Å². The number of hydrogen-bond donors (Lipinski definition) is 1. The number of aryl methyl sites for hydroxylation is 1. The van der Waals surface area contributed by atoms with E-state index in [1.54, 1.807) is 12.1 Å². The number of nitrogens with two attached hydrogens (primary N) is 1. The molecule has 2 rings (SSSR count). The molecule has 0 aliphatic rings. The molecule has 0 spiro atoms. The number of halogens is 1. The van der Waals surface area contributed by atoms with E-state index in [2.05, 4.69) is 0 Å². The Hall–Kier alpha value is -2.71. The average molecular weight is 520 g/mol. The summed E-state index contributed by atoms with van der Waals surface area (Å²) in [6.07, 6.45) is 12.3. The molecule has 198 valence electrons. The van der Waals surface area contributed by atoms with E-state index in [1.807, 2.05) is 26.8 Å². The van der Waals surface area contributed by atoms with Crippen LogP contribution in [-0.4, -0.2) is 20.0 Å². The Labute approximate surface area is 214 Å². The van der Waals surface area contributed by atoms with Gasteiger partial charge in [-0.3, -0.25) is 0 Å². The Kier molecular flexibility index (Phi) is 11.6. The van der Waals surface area contributed by atoms with Gasteiger partial charge in [0.1, 0.15) is 22.9 Å². The van der Waals surface area contributed by atoms with E-state index in [1.165, 1.54) is 36.4 Å². The van der Waals surface area contributed by atoms with Crippen LogP contribution < -0.4 is 9.88 Å². The lowest BCUT2D eigenvalue weighted by Gasteiger charge is -2.17. The maximum Gasteiger partial charge on any atom is 0.330 e. The lowest BCUT2D eigenvalue weighted by atomic mass is 10.0. The molecule has 0 unspecified atom stereocenters. The first-order valence-electron chi connectivity index (χ1n) is 12.4. The zero-order valence-corrected chi connectivity index (χ0v) is 22.3. The molecule has 2 aromatic carbocycles. The highest BCUT2D eigenvalue weighted by Crippen LogP contribution is 2.26. The van der Waals surface area contributed by atoms with Crippen LogP contribution in [0.2, 0.25) is 0 Å². The number of sulfonamides is 1. The van der Waals surface area contributed by atoms with Gasteiger partial charge in [-0.25, -0.2) is 22.7 Å². The molecule has 36 heavy (non-hydrogen) atoms. The van der Waals surface area contributed by atoms with Crippen LogP contribution >= 0.6 is 0 Å². The van der Waals surface area contributed by atoms with Crippen molar-refractivity contribution in [2.75, 3.05) is 0 Å². The molecule has 0 saturated carbocycles. The van der Waals surface area contributed by atoms with E-state index in [0.717, 1.165) is 51.4 Å². The Morgan fingerprint density at radius 3 is 2.11 bits per heavy atom. The van der Waals surface area contributed by atoms with Crippen LogP contribution in [-0.2, 0) is 26.0 Å². The highest BCUT2D eigenvalue weighted by molar-refractivity contribution is 7.89. The minimum atomic E-state index is -3.76. The van der Waals surface area contributed by atoms with Crippen LogP contribution in [0.25, 0.3) is 0 Å². The first-order chi connectivity index (χ1) is 16.9. The van der Waals surface area contributed by atoms with Crippen molar-refractivity contribution in [2.45, 2.75) is 89.1 Å². The molecular formula is C28H38FNO5S. The number of rotatable bonds is 14. The van der Waals surface area contributed by atoms with Crippen molar-refractivity contribution in [3.8, 4) is 11.5 Å². The second-order valence-electron chi connectivity index (χ2n) is 9.82. The monoisotopic (exact) mass is 519 g/mol. The van der Waals surface area contributed by atoms with E-state index in [0.29, 0.717) is 23.5 Å². The Morgan fingerprint density at radius 2 is 1.50 bits per heavy atom. The summed E-state index contributed by atoms with van der Waals surface area (Å²) in [5.74, 6) is 0.386. The molecule has 6 nitrogen and oxygen atoms in total. The quantitative estimate of drug-likeness (QED) is 0.168. The van der Waals surface area contributed by atoms with E-state index in [9.17, 15) is 17.6 Å². The molecule has 0 aliphatic carbocycles. The molecule has 0 aliphatic heterocycles. The number of hydrogen-bond acceptors (Lipinski definition) is 5. The van der Waals surface area contributed by atoms with Gasteiger partial charge in [-0.1, -0.05) is 38.2 Å². The number of esters is 1. The van der Waals surface area contributed by atoms with Crippen LogP contribution in [0.1, 0.15) is 77.7 Å². The van der Waals surface area contributed by atoms with Crippen LogP contribution in [0.3, 0.4) is 0 Å². The molecular weight excluding hydrogens is 481 g/mol. The summed E-state index contributed by atoms with van der Waals surface area (Å²) in [4.78, 5) is 11.6. The third-order valence-electron chi connectivity index (χ3n) is 5.38. The summed E-state index contributed by atoms with van der Waals surface area (Å²) in [5.41, 5.74) is 0.140. The number of ether oxygens (including phenoxy) is 2. The Balaban J connectivity index is 1.63. The summed E-state index contributed by atoms with van der Waals surface area (Å²) in [6.45, 7) is 5.55. The third kappa shape index (κ3) is 11.8. The van der Waals surface area contributed by atoms with Crippen molar-refractivity contribution in [1.82, 2.24) is 0 Å². The molecule has 8 heteroatoms. The van der Waals surface area contributed by atoms with Crippen LogP contribution in [0.4, 0.5) is 4.39 Å². The molecule has 2 N–H and O–H groups in total. The van der Waals surface area contributed by atoms with Gasteiger partial charge in [-0.05, 0) is 94.5 Å². The van der Waals surface area contributed by atoms with E-state index in [-0.39, 0.29) is 16.7 Å². The predicted molar refractivity (Wildman–Crippen MR) is 140 cm³/mol. The van der Waals surface area contributed by atoms with Crippen molar-refractivity contribution in [2.24, 2.45) is 5.14 Å². The van der Waals surface area contributed by atoms with Gasteiger partial charge >= 0.3 is 5.97 Å². The van der Waals surface area contributed by atoms with Crippen molar-refractivity contribution in [3.05, 3.63) is 66.0 Å². The standard InChI is InChI=1S/C28H38FNO5S/c1-28(2,3)35-27(31)14-12-10-8-6-4-5-7-9-11-13-22-21-24(17-20-26(22)29)34-23-15-18-25(19-16-23)36(30,32)33/h12,14-21H,4-11,13H2,1-3H3,(H2,30,32,33). The minimum absolute atomic E-state index is 0.00433. The lowest BCUT2D eigenvalue weighted by Crippen LogP contribution is -2.22. The smallest absolute Gasteiger partial charge is 0.330 e. The first-order valence-corrected chi connectivity index (χ1v) is 14.0. The number of allylic oxidation sites excluding steroid dienone is 1. The molecule has 0 atom stereocenters. The second kappa shape index (κ2) is 14.1. The van der Waals surface area contributed by atoms with Gasteiger partial charge in [-0.15, -0.1) is 0 Å². The fraction of sp³-hybridized carbons (Fsp3) is 0.464. The first kappa shape index (κ1) is 29.5. The molecule has 0 bridgehead atoms. The zero-order valence-electron chi connectivity index (χ0n) is 21.5. The summed E-state index contributed by atoms with van der Waals surface area (Å²) in [5, 5.41) is 5.10. The normalized spacial score (nSPS) is 12.1. The Bertz CT molecular complexity index is 1110. The van der Waals surface area contributed by atoms with Gasteiger partial charge in [0.05, 0.1) is 4.90 Å². The molecule has 0 radical (unpaired) electrons. The zero-order chi connectivity index (χ0) is 26.6. The topological polar surface area (TPSA) is 95.7 Å². The summed E-state index contributed by atoms with van der Waals surface area (Å²) in [6, 6.07) is 10.4. The van der Waals surface area contributed by atoms with Crippen LogP contribution in [0, 0.1) is 5.82 Å². The maximum atomic E-state index is 14.2. The average Bonchev–Trinajstić information content (AvgIpc) is 2.78. The van der Waals surface area contributed by atoms with Crippen molar-refractivity contribution >= 4 is 16.0 Å². The lowest BCUT2D eigenvalue weighted by molar-refractivity contribution is -0.148. The van der Waals surface area contributed by atoms with E-state index < -0.39 is 15.6 Å². The van der Waals surface area contributed by atoms with Gasteiger partial charge in [-0.2, -0.15) is 0 Å². The molecule has 2 aromatic rings. The van der Waals surface area contributed by atoms with Gasteiger partial charge < -0.3 is 9.47 Å². The fourth-order valence-electron chi connectivity index (χ4n) is 3.62. The maximum absolute atomic E-state index is 14.2. The van der Waals surface area contributed by atoms with Gasteiger partial charge in [0, 0.05) is 6.08 Å². The highest BCUT2D eigenvalue weighted by Gasteiger charge is 2.13. The molecule has 0 amide bonds. The largest absolute Gasteiger partial charge is 0.457 e. The number of carbonyl (C=O) groups excluding carboxylic acids is 1.